The van der Waals surface area contributed by atoms with Gasteiger partial charge >= 0.3 is 6.09 Å². The maximum atomic E-state index is 15.0. The van der Waals surface area contributed by atoms with Crippen LogP contribution in [0.3, 0.4) is 0 Å². The molecule has 8 nitrogen and oxygen atoms in total. The Morgan fingerprint density at radius 1 is 1.03 bits per heavy atom. The van der Waals surface area contributed by atoms with Gasteiger partial charge in [-0.05, 0) is 58.0 Å². The lowest BCUT2D eigenvalue weighted by molar-refractivity contribution is -0.120. The maximum absolute atomic E-state index is 15.0. The van der Waals surface area contributed by atoms with E-state index in [1.165, 1.54) is 24.1 Å². The van der Waals surface area contributed by atoms with E-state index < -0.39 is 29.6 Å². The number of rotatable bonds is 5. The normalized spacial score (nSPS) is 15.4. The molecule has 1 N–H and O–H groups in total. The summed E-state index contributed by atoms with van der Waals surface area (Å²) in [6.45, 7) is 6.44. The molecule has 9 heteroatoms. The Morgan fingerprint density at radius 3 is 2.38 bits per heavy atom. The van der Waals surface area contributed by atoms with Crippen LogP contribution >= 0.6 is 0 Å². The zero-order chi connectivity index (χ0) is 26.7. The zero-order valence-corrected chi connectivity index (χ0v) is 21.0. The SMILES string of the molecule is CC(=O)c1cccnc1CN1C(=O)C(NC(=O)OC(C)(C)C)N=C(c2ccccc2F)c2ccccc21. The molecular formula is C28H27FN4O4. The zero-order valence-electron chi connectivity index (χ0n) is 21.0. The van der Waals surface area contributed by atoms with Gasteiger partial charge in [-0.2, -0.15) is 0 Å². The van der Waals surface area contributed by atoms with Crippen molar-refractivity contribution in [1.29, 1.82) is 0 Å². The third kappa shape index (κ3) is 5.72. The molecule has 1 aromatic heterocycles. The summed E-state index contributed by atoms with van der Waals surface area (Å²) in [6, 6.07) is 16.3. The topological polar surface area (TPSA) is 101 Å². The molecule has 190 valence electrons. The lowest BCUT2D eigenvalue weighted by Crippen LogP contribution is -2.48. The minimum Gasteiger partial charge on any atom is -0.444 e. The first kappa shape index (κ1) is 25.7. The fourth-order valence-electron chi connectivity index (χ4n) is 4.01. The molecule has 1 unspecified atom stereocenters. The molecule has 4 rings (SSSR count). The predicted molar refractivity (Wildman–Crippen MR) is 137 cm³/mol. The third-order valence-electron chi connectivity index (χ3n) is 5.57. The monoisotopic (exact) mass is 502 g/mol. The lowest BCUT2D eigenvalue weighted by Gasteiger charge is -2.26. The number of amides is 2. The second-order valence-corrected chi connectivity index (χ2v) is 9.50. The minimum atomic E-state index is -1.43. The number of nitrogens with zero attached hydrogens (tertiary/aromatic N) is 3. The summed E-state index contributed by atoms with van der Waals surface area (Å²) < 4.78 is 20.3. The van der Waals surface area contributed by atoms with E-state index in [-0.39, 0.29) is 23.6 Å². The number of hydrogen-bond donors (Lipinski definition) is 1. The fraction of sp³-hybridized carbons (Fsp3) is 0.250. The average molecular weight is 503 g/mol. The van der Waals surface area contributed by atoms with Crippen LogP contribution in [0.25, 0.3) is 0 Å². The number of para-hydroxylation sites is 1. The van der Waals surface area contributed by atoms with Crippen LogP contribution in [0, 0.1) is 5.82 Å². The summed E-state index contributed by atoms with van der Waals surface area (Å²) in [6.07, 6.45) is -0.745. The van der Waals surface area contributed by atoms with Crippen molar-refractivity contribution >= 4 is 29.2 Å². The molecule has 0 fully saturated rings. The third-order valence-corrected chi connectivity index (χ3v) is 5.57. The number of fused-ring (bicyclic) bond motifs is 1. The number of aliphatic imine (C=N–C) groups is 1. The van der Waals surface area contributed by atoms with Gasteiger partial charge in [0.15, 0.2) is 5.78 Å². The van der Waals surface area contributed by atoms with Crippen molar-refractivity contribution < 1.29 is 23.5 Å². The van der Waals surface area contributed by atoms with Crippen molar-refractivity contribution in [2.45, 2.75) is 46.0 Å². The molecule has 37 heavy (non-hydrogen) atoms. The van der Waals surface area contributed by atoms with E-state index >= 15 is 0 Å². The number of Topliss-reactive ketones (excluding diaryl/α,β-unsaturated/α-hetero) is 1. The Bertz CT molecular complexity index is 1400. The van der Waals surface area contributed by atoms with Gasteiger partial charge in [-0.25, -0.2) is 14.2 Å². The van der Waals surface area contributed by atoms with Crippen molar-refractivity contribution in [2.75, 3.05) is 4.90 Å². The van der Waals surface area contributed by atoms with Crippen LogP contribution in [0.5, 0.6) is 0 Å². The van der Waals surface area contributed by atoms with Crippen molar-refractivity contribution in [3.63, 3.8) is 0 Å². The van der Waals surface area contributed by atoms with Gasteiger partial charge in [0.2, 0.25) is 6.17 Å². The van der Waals surface area contributed by atoms with Gasteiger partial charge < -0.3 is 9.64 Å². The van der Waals surface area contributed by atoms with Gasteiger partial charge in [0.1, 0.15) is 11.4 Å². The summed E-state index contributed by atoms with van der Waals surface area (Å²) in [4.78, 5) is 49.1. The van der Waals surface area contributed by atoms with Crippen LogP contribution in [0.1, 0.15) is 54.9 Å². The van der Waals surface area contributed by atoms with Crippen molar-refractivity contribution in [3.05, 3.63) is 95.1 Å². The number of carbonyl (C=O) groups excluding carboxylic acids is 3. The first-order chi connectivity index (χ1) is 17.5. The van der Waals surface area contributed by atoms with Crippen LogP contribution in [0.15, 0.2) is 71.9 Å². The number of benzene rings is 2. The van der Waals surface area contributed by atoms with Crippen LogP contribution in [-0.4, -0.2) is 40.2 Å². The number of benzodiazepines with no additional fused rings is 1. The predicted octanol–water partition coefficient (Wildman–Crippen LogP) is 4.66. The Hall–Kier alpha value is -4.40. The average Bonchev–Trinajstić information content (AvgIpc) is 2.94. The number of anilines is 1. The number of nitrogens with one attached hydrogen (secondary N) is 1. The van der Waals surface area contributed by atoms with Crippen molar-refractivity contribution in [2.24, 2.45) is 4.99 Å². The van der Waals surface area contributed by atoms with Crippen LogP contribution < -0.4 is 10.2 Å². The highest BCUT2D eigenvalue weighted by molar-refractivity contribution is 6.20. The lowest BCUT2D eigenvalue weighted by atomic mass is 9.99. The second-order valence-electron chi connectivity index (χ2n) is 9.50. The van der Waals surface area contributed by atoms with Gasteiger partial charge in [-0.15, -0.1) is 0 Å². The smallest absolute Gasteiger partial charge is 0.409 e. The Kier molecular flexibility index (Phi) is 7.15. The Labute approximate surface area is 214 Å². The van der Waals surface area contributed by atoms with Gasteiger partial charge in [-0.3, -0.25) is 19.9 Å². The van der Waals surface area contributed by atoms with Crippen LogP contribution in [0.2, 0.25) is 0 Å². The molecule has 2 amide bonds. The first-order valence-electron chi connectivity index (χ1n) is 11.7. The summed E-state index contributed by atoms with van der Waals surface area (Å²) in [5.74, 6) is -1.33. The van der Waals surface area contributed by atoms with E-state index in [9.17, 15) is 18.8 Å². The first-order valence-corrected chi connectivity index (χ1v) is 11.7. The van der Waals surface area contributed by atoms with E-state index in [0.717, 1.165) is 0 Å². The van der Waals surface area contributed by atoms with E-state index in [2.05, 4.69) is 15.3 Å². The molecule has 2 heterocycles. The standard InChI is InChI=1S/C28H27FN4O4/c1-17(34)18-12-9-15-30-22(18)16-33-23-14-8-6-11-20(23)24(19-10-5-7-13-21(19)29)31-25(26(33)35)32-27(36)37-28(2,3)4/h5-15,25H,16H2,1-4H3,(H,32,36). The summed E-state index contributed by atoms with van der Waals surface area (Å²) in [5, 5.41) is 2.52. The quantitative estimate of drug-likeness (QED) is 0.512. The van der Waals surface area contributed by atoms with E-state index in [1.54, 1.807) is 75.4 Å². The number of pyridine rings is 1. The maximum Gasteiger partial charge on any atom is 0.409 e. The molecule has 0 radical (unpaired) electrons. The summed E-state index contributed by atoms with van der Waals surface area (Å²) >= 11 is 0. The number of ether oxygens (including phenoxy) is 1. The van der Waals surface area contributed by atoms with E-state index in [0.29, 0.717) is 22.5 Å². The number of ketones is 1. The highest BCUT2D eigenvalue weighted by Crippen LogP contribution is 2.30. The molecule has 0 bridgehead atoms. The number of hydrogen-bond acceptors (Lipinski definition) is 6. The number of aromatic nitrogens is 1. The Morgan fingerprint density at radius 2 is 1.70 bits per heavy atom. The minimum absolute atomic E-state index is 0.0713. The molecule has 1 aliphatic heterocycles. The highest BCUT2D eigenvalue weighted by atomic mass is 19.1. The van der Waals surface area contributed by atoms with Crippen LogP contribution in [-0.2, 0) is 16.1 Å². The molecule has 0 saturated carbocycles. The number of carbonyl (C=O) groups is 3. The van der Waals surface area contributed by atoms with E-state index in [1.807, 2.05) is 0 Å². The molecule has 2 aromatic carbocycles. The van der Waals surface area contributed by atoms with Gasteiger partial charge in [-0.1, -0.05) is 30.3 Å². The summed E-state index contributed by atoms with van der Waals surface area (Å²) in [7, 11) is 0. The molecule has 0 spiro atoms. The molecular weight excluding hydrogens is 475 g/mol. The van der Waals surface area contributed by atoms with Gasteiger partial charge in [0.05, 0.1) is 23.6 Å². The second kappa shape index (κ2) is 10.3. The van der Waals surface area contributed by atoms with Crippen molar-refractivity contribution in [1.82, 2.24) is 10.3 Å². The summed E-state index contributed by atoms with van der Waals surface area (Å²) in [5.41, 5.74) is 1.20. The molecule has 1 aliphatic rings. The van der Waals surface area contributed by atoms with Gasteiger partial charge in [0, 0.05) is 22.9 Å². The van der Waals surface area contributed by atoms with E-state index in [4.69, 9.17) is 4.74 Å². The molecule has 1 atom stereocenters. The fourth-order valence-corrected chi connectivity index (χ4v) is 4.01. The highest BCUT2D eigenvalue weighted by Gasteiger charge is 2.35. The Balaban J connectivity index is 1.87. The number of halogens is 1. The van der Waals surface area contributed by atoms with Gasteiger partial charge in [0.25, 0.3) is 5.91 Å². The molecule has 0 saturated heterocycles. The molecule has 3 aromatic rings. The largest absolute Gasteiger partial charge is 0.444 e. The number of alkyl carbamates (subject to hydrolysis) is 1. The molecule has 0 aliphatic carbocycles. The van der Waals surface area contributed by atoms with Crippen molar-refractivity contribution in [3.8, 4) is 0 Å². The van der Waals surface area contributed by atoms with Crippen LogP contribution in [0.4, 0.5) is 14.9 Å².